The molecule has 0 amide bonds. The van der Waals surface area contributed by atoms with E-state index in [1.54, 1.807) is 18.5 Å². The minimum absolute atomic E-state index is 0.0545. The number of nitrogens with zero attached hydrogens (tertiary/aromatic N) is 7. The lowest BCUT2D eigenvalue weighted by Gasteiger charge is -2.36. The van der Waals surface area contributed by atoms with Crippen molar-refractivity contribution in [1.29, 1.82) is 0 Å². The summed E-state index contributed by atoms with van der Waals surface area (Å²) in [4.78, 5) is 11.4. The van der Waals surface area contributed by atoms with Gasteiger partial charge in [0.15, 0.2) is 23.0 Å². The van der Waals surface area contributed by atoms with E-state index in [0.29, 0.717) is 41.4 Å². The van der Waals surface area contributed by atoms with Gasteiger partial charge in [0.25, 0.3) is 0 Å². The Bertz CT molecular complexity index is 1360. The number of halogens is 1. The Morgan fingerprint density at radius 1 is 1.26 bits per heavy atom. The standard InChI is InChI=1S/C23H29FN8O2/c1-13-5-14(10-30(9-13)15-8-26-31(11-15)12-23(2,3)33)20-28-21-16-6-17(24)19(34-4)7-18(16)27-22(25)32(21)29-20/h6-8,11,13-14,33H,5,9-10,12H2,1-4H3,(H2,25,27)/t13-,14-/m0/s1. The van der Waals surface area contributed by atoms with Crippen LogP contribution in [0.5, 0.6) is 5.75 Å². The average molecular weight is 469 g/mol. The van der Waals surface area contributed by atoms with Crippen molar-refractivity contribution in [2.24, 2.45) is 5.92 Å². The third-order valence-electron chi connectivity index (χ3n) is 6.15. The highest BCUT2D eigenvalue weighted by molar-refractivity contribution is 5.93. The average Bonchev–Trinajstić information content (AvgIpc) is 3.40. The van der Waals surface area contributed by atoms with E-state index in [0.717, 1.165) is 18.7 Å². The number of aliphatic hydroxyl groups is 1. The Labute approximate surface area is 196 Å². The Kier molecular flexibility index (Phi) is 5.31. The van der Waals surface area contributed by atoms with E-state index in [1.807, 2.05) is 12.4 Å². The second-order valence-corrected chi connectivity index (χ2v) is 9.83. The zero-order valence-corrected chi connectivity index (χ0v) is 19.7. The number of ether oxygens (including phenoxy) is 1. The molecule has 1 aliphatic rings. The van der Waals surface area contributed by atoms with Crippen molar-refractivity contribution in [3.63, 3.8) is 0 Å². The molecule has 3 N–H and O–H groups in total. The molecular weight excluding hydrogens is 439 g/mol. The minimum Gasteiger partial charge on any atom is -0.494 e. The van der Waals surface area contributed by atoms with Crippen LogP contribution in [0.15, 0.2) is 24.5 Å². The van der Waals surface area contributed by atoms with Crippen molar-refractivity contribution in [2.45, 2.75) is 45.3 Å². The molecule has 1 aromatic carbocycles. The van der Waals surface area contributed by atoms with Crippen LogP contribution >= 0.6 is 0 Å². The number of hydrogen-bond donors (Lipinski definition) is 2. The molecule has 34 heavy (non-hydrogen) atoms. The van der Waals surface area contributed by atoms with Gasteiger partial charge < -0.3 is 20.5 Å². The van der Waals surface area contributed by atoms with Crippen molar-refractivity contribution in [1.82, 2.24) is 29.4 Å². The second-order valence-electron chi connectivity index (χ2n) is 9.83. The number of fused-ring (bicyclic) bond motifs is 3. The summed E-state index contributed by atoms with van der Waals surface area (Å²) in [5.74, 6) is 0.899. The number of nitrogen functional groups attached to an aromatic ring is 1. The van der Waals surface area contributed by atoms with Crippen LogP contribution in [0.2, 0.25) is 0 Å². The van der Waals surface area contributed by atoms with Gasteiger partial charge in [-0.15, -0.1) is 5.10 Å². The normalized spacial score (nSPS) is 19.3. The molecule has 4 aromatic rings. The Hall–Kier alpha value is -3.47. The van der Waals surface area contributed by atoms with Crippen LogP contribution in [0, 0.1) is 11.7 Å². The highest BCUT2D eigenvalue weighted by Crippen LogP contribution is 2.33. The molecule has 4 heterocycles. The van der Waals surface area contributed by atoms with Gasteiger partial charge in [-0.25, -0.2) is 14.4 Å². The number of piperidine rings is 1. The van der Waals surface area contributed by atoms with Gasteiger partial charge in [-0.1, -0.05) is 6.92 Å². The first kappa shape index (κ1) is 22.3. The van der Waals surface area contributed by atoms with Gasteiger partial charge in [0.05, 0.1) is 36.7 Å². The predicted molar refractivity (Wildman–Crippen MR) is 126 cm³/mol. The summed E-state index contributed by atoms with van der Waals surface area (Å²) in [5, 5.41) is 19.7. The fourth-order valence-electron chi connectivity index (χ4n) is 4.72. The second kappa shape index (κ2) is 8.08. The number of methoxy groups -OCH3 is 1. The van der Waals surface area contributed by atoms with Crippen LogP contribution in [0.1, 0.15) is 38.9 Å². The van der Waals surface area contributed by atoms with Gasteiger partial charge in [0, 0.05) is 36.7 Å². The number of hydrogen-bond acceptors (Lipinski definition) is 8. The van der Waals surface area contributed by atoms with Crippen molar-refractivity contribution in [3.05, 3.63) is 36.2 Å². The van der Waals surface area contributed by atoms with Crippen molar-refractivity contribution in [3.8, 4) is 5.75 Å². The molecular formula is C23H29FN8O2. The number of aromatic nitrogens is 6. The van der Waals surface area contributed by atoms with E-state index in [4.69, 9.17) is 15.5 Å². The van der Waals surface area contributed by atoms with Gasteiger partial charge in [-0.05, 0) is 32.3 Å². The molecule has 0 radical (unpaired) electrons. The molecule has 0 unspecified atom stereocenters. The third-order valence-corrected chi connectivity index (χ3v) is 6.15. The summed E-state index contributed by atoms with van der Waals surface area (Å²) in [5.41, 5.74) is 7.29. The lowest BCUT2D eigenvalue weighted by Crippen LogP contribution is -2.39. The first-order valence-corrected chi connectivity index (χ1v) is 11.3. The maximum atomic E-state index is 14.4. The highest BCUT2D eigenvalue weighted by Gasteiger charge is 2.30. The molecule has 11 heteroatoms. The van der Waals surface area contributed by atoms with Crippen molar-refractivity contribution < 1.29 is 14.2 Å². The van der Waals surface area contributed by atoms with Crippen LogP contribution < -0.4 is 15.4 Å². The molecule has 1 fully saturated rings. The number of anilines is 2. The predicted octanol–water partition coefficient (Wildman–Crippen LogP) is 2.60. The van der Waals surface area contributed by atoms with E-state index >= 15 is 0 Å². The summed E-state index contributed by atoms with van der Waals surface area (Å²) in [7, 11) is 1.41. The molecule has 0 spiro atoms. The van der Waals surface area contributed by atoms with Gasteiger partial charge in [0.1, 0.15) is 0 Å². The smallest absolute Gasteiger partial charge is 0.223 e. The fourth-order valence-corrected chi connectivity index (χ4v) is 4.72. The van der Waals surface area contributed by atoms with E-state index in [-0.39, 0.29) is 17.6 Å². The van der Waals surface area contributed by atoms with Gasteiger partial charge >= 0.3 is 0 Å². The SMILES string of the molecule is COc1cc2nc(N)n3nc([C@H]4C[C@H](C)CN(c5cnn(CC(C)(C)O)c5)C4)nc3c2cc1F. The van der Waals surface area contributed by atoms with Crippen LogP contribution in [-0.4, -0.2) is 60.3 Å². The Balaban J connectivity index is 1.48. The van der Waals surface area contributed by atoms with E-state index in [9.17, 15) is 9.50 Å². The third kappa shape index (κ3) is 4.11. The number of benzene rings is 1. The summed E-state index contributed by atoms with van der Waals surface area (Å²) >= 11 is 0. The zero-order valence-electron chi connectivity index (χ0n) is 19.7. The fraction of sp³-hybridized carbons (Fsp3) is 0.478. The summed E-state index contributed by atoms with van der Waals surface area (Å²) in [6.45, 7) is 7.72. The van der Waals surface area contributed by atoms with E-state index in [2.05, 4.69) is 27.0 Å². The lowest BCUT2D eigenvalue weighted by molar-refractivity contribution is 0.0577. The molecule has 10 nitrogen and oxygen atoms in total. The van der Waals surface area contributed by atoms with Crippen LogP contribution in [0.25, 0.3) is 16.6 Å². The minimum atomic E-state index is -0.846. The summed E-state index contributed by atoms with van der Waals surface area (Å²) in [6, 6.07) is 2.88. The highest BCUT2D eigenvalue weighted by atomic mass is 19.1. The number of rotatable bonds is 5. The van der Waals surface area contributed by atoms with Gasteiger partial charge in [0.2, 0.25) is 5.95 Å². The quantitative estimate of drug-likeness (QED) is 0.459. The van der Waals surface area contributed by atoms with Crippen LogP contribution in [0.3, 0.4) is 0 Å². The summed E-state index contributed by atoms with van der Waals surface area (Å²) in [6.07, 6.45) is 4.69. The van der Waals surface area contributed by atoms with E-state index < -0.39 is 11.4 Å². The molecule has 0 saturated carbocycles. The molecule has 0 bridgehead atoms. The van der Waals surface area contributed by atoms with Crippen LogP contribution in [-0.2, 0) is 6.54 Å². The van der Waals surface area contributed by atoms with Gasteiger partial charge in [-0.3, -0.25) is 4.68 Å². The Morgan fingerprint density at radius 2 is 2.06 bits per heavy atom. The maximum absolute atomic E-state index is 14.4. The summed E-state index contributed by atoms with van der Waals surface area (Å²) < 4.78 is 22.7. The molecule has 1 aliphatic heterocycles. The molecule has 1 saturated heterocycles. The topological polar surface area (TPSA) is 120 Å². The molecule has 0 aliphatic carbocycles. The largest absolute Gasteiger partial charge is 0.494 e. The van der Waals surface area contributed by atoms with Crippen LogP contribution in [0.4, 0.5) is 16.0 Å². The van der Waals surface area contributed by atoms with Gasteiger partial charge in [-0.2, -0.15) is 9.61 Å². The van der Waals surface area contributed by atoms with Crippen molar-refractivity contribution >= 4 is 28.2 Å². The molecule has 3 aromatic heterocycles. The molecule has 2 atom stereocenters. The first-order chi connectivity index (χ1) is 16.1. The van der Waals surface area contributed by atoms with Crippen molar-refractivity contribution in [2.75, 3.05) is 30.8 Å². The van der Waals surface area contributed by atoms with E-state index in [1.165, 1.54) is 23.8 Å². The monoisotopic (exact) mass is 468 g/mol. The first-order valence-electron chi connectivity index (χ1n) is 11.3. The maximum Gasteiger partial charge on any atom is 0.223 e. The molecule has 5 rings (SSSR count). The zero-order chi connectivity index (χ0) is 24.2. The number of nitrogens with two attached hydrogens (primary N) is 1. The Morgan fingerprint density at radius 3 is 2.79 bits per heavy atom. The lowest BCUT2D eigenvalue weighted by atomic mass is 9.90. The molecule has 180 valence electrons.